The van der Waals surface area contributed by atoms with Gasteiger partial charge in [-0.1, -0.05) is 30.3 Å². The molecule has 1 aromatic carbocycles. The van der Waals surface area contributed by atoms with Crippen LogP contribution < -0.4 is 0 Å². The number of carbonyl (C=O) groups is 1. The van der Waals surface area contributed by atoms with E-state index in [0.29, 0.717) is 17.6 Å². The Kier molecular flexibility index (Phi) is 5.39. The van der Waals surface area contributed by atoms with Crippen molar-refractivity contribution in [2.75, 3.05) is 7.05 Å². The number of nitrogens with zero attached hydrogens (tertiary/aromatic N) is 1. The van der Waals surface area contributed by atoms with E-state index in [1.807, 2.05) is 18.2 Å². The lowest BCUT2D eigenvalue weighted by Gasteiger charge is -2.42. The lowest BCUT2D eigenvalue weighted by atomic mass is 9.69. The summed E-state index contributed by atoms with van der Waals surface area (Å²) in [6, 6.07) is 10.1. The predicted octanol–water partition coefficient (Wildman–Crippen LogP) is 2.68. The van der Waals surface area contributed by atoms with Crippen molar-refractivity contribution < 1.29 is 15.0 Å². The van der Waals surface area contributed by atoms with Gasteiger partial charge in [0.2, 0.25) is 0 Å². The van der Waals surface area contributed by atoms with Crippen molar-refractivity contribution >= 4 is 18.4 Å². The van der Waals surface area contributed by atoms with Gasteiger partial charge in [0, 0.05) is 12.1 Å². The second kappa shape index (κ2) is 6.80. The summed E-state index contributed by atoms with van der Waals surface area (Å²) in [4.78, 5) is 14.4. The Labute approximate surface area is 143 Å². The molecule has 0 radical (unpaired) electrons. The van der Waals surface area contributed by atoms with Gasteiger partial charge in [-0.25, -0.2) is 0 Å². The highest BCUT2D eigenvalue weighted by Crippen LogP contribution is 2.43. The summed E-state index contributed by atoms with van der Waals surface area (Å²) in [7, 11) is 2.15. The number of hydrogen-bond donors (Lipinski definition) is 2. The Morgan fingerprint density at radius 2 is 1.74 bits per heavy atom. The third-order valence-corrected chi connectivity index (χ3v) is 5.99. The van der Waals surface area contributed by atoms with Crippen LogP contribution in [0.2, 0.25) is 0 Å². The van der Waals surface area contributed by atoms with Crippen LogP contribution in [0.15, 0.2) is 30.3 Å². The number of rotatable bonds is 4. The summed E-state index contributed by atoms with van der Waals surface area (Å²) in [5.74, 6) is -0.896. The van der Waals surface area contributed by atoms with E-state index >= 15 is 0 Å². The molecule has 0 spiro atoms. The Morgan fingerprint density at radius 1 is 1.22 bits per heavy atom. The number of fused-ring (bicyclic) bond motifs is 2. The highest BCUT2D eigenvalue weighted by atomic mass is 35.5. The van der Waals surface area contributed by atoms with Crippen LogP contribution in [0.25, 0.3) is 0 Å². The molecule has 2 fully saturated rings. The number of hydrogen-bond acceptors (Lipinski definition) is 3. The molecule has 2 aliphatic heterocycles. The number of aliphatic hydroxyl groups is 1. The molecule has 4 unspecified atom stereocenters. The van der Waals surface area contributed by atoms with Crippen molar-refractivity contribution in [1.29, 1.82) is 0 Å². The molecule has 2 saturated heterocycles. The van der Waals surface area contributed by atoms with Gasteiger partial charge in [0.25, 0.3) is 0 Å². The first-order valence-electron chi connectivity index (χ1n) is 8.13. The maximum atomic E-state index is 12.0. The van der Waals surface area contributed by atoms with Gasteiger partial charge >= 0.3 is 5.97 Å². The predicted molar refractivity (Wildman–Crippen MR) is 92.0 cm³/mol. The zero-order chi connectivity index (χ0) is 15.9. The molecule has 2 heterocycles. The monoisotopic (exact) mass is 339 g/mol. The fourth-order valence-corrected chi connectivity index (χ4v) is 4.39. The molecule has 0 amide bonds. The summed E-state index contributed by atoms with van der Waals surface area (Å²) in [5, 5.41) is 20.8. The zero-order valence-electron chi connectivity index (χ0n) is 13.7. The molecule has 3 rings (SSSR count). The van der Waals surface area contributed by atoms with Crippen LogP contribution in [0.5, 0.6) is 0 Å². The molecule has 2 bridgehead atoms. The fraction of sp³-hybridized carbons (Fsp3) is 0.611. The minimum absolute atomic E-state index is 0. The van der Waals surface area contributed by atoms with E-state index in [9.17, 15) is 15.0 Å². The van der Waals surface area contributed by atoms with Crippen LogP contribution in [-0.2, 0) is 10.2 Å². The van der Waals surface area contributed by atoms with Gasteiger partial charge in [-0.15, -0.1) is 12.4 Å². The molecule has 5 heteroatoms. The largest absolute Gasteiger partial charge is 0.481 e. The number of carboxylic acids is 1. The first-order valence-corrected chi connectivity index (χ1v) is 8.13. The van der Waals surface area contributed by atoms with Crippen LogP contribution in [-0.4, -0.2) is 46.3 Å². The maximum absolute atomic E-state index is 12.0. The second-order valence-corrected chi connectivity index (χ2v) is 7.10. The third-order valence-electron chi connectivity index (χ3n) is 5.99. The molecule has 0 aliphatic carbocycles. The lowest BCUT2D eigenvalue weighted by Crippen LogP contribution is -2.52. The molecular formula is C18H26ClNO3. The number of aliphatic carboxylic acids is 1. The highest BCUT2D eigenvalue weighted by molar-refractivity contribution is 5.85. The summed E-state index contributed by atoms with van der Waals surface area (Å²) < 4.78 is 0. The zero-order valence-corrected chi connectivity index (χ0v) is 14.5. The van der Waals surface area contributed by atoms with Gasteiger partial charge in [-0.05, 0) is 51.1 Å². The molecule has 4 atom stereocenters. The van der Waals surface area contributed by atoms with Gasteiger partial charge in [0.15, 0.2) is 0 Å². The van der Waals surface area contributed by atoms with Crippen molar-refractivity contribution in [3.63, 3.8) is 0 Å². The van der Waals surface area contributed by atoms with E-state index in [4.69, 9.17) is 0 Å². The van der Waals surface area contributed by atoms with Crippen LogP contribution in [0, 0.1) is 5.92 Å². The molecule has 2 aliphatic rings. The Balaban J connectivity index is 0.00000192. The smallest absolute Gasteiger partial charge is 0.316 e. The summed E-state index contributed by atoms with van der Waals surface area (Å²) in [6.07, 6.45) is 3.26. The van der Waals surface area contributed by atoms with Crippen LogP contribution in [0.4, 0.5) is 0 Å². The summed E-state index contributed by atoms with van der Waals surface area (Å²) >= 11 is 0. The second-order valence-electron chi connectivity index (χ2n) is 7.10. The third kappa shape index (κ3) is 3.00. The molecule has 1 aromatic rings. The highest BCUT2D eigenvalue weighted by Gasteiger charge is 2.50. The quantitative estimate of drug-likeness (QED) is 0.885. The Morgan fingerprint density at radius 3 is 2.22 bits per heavy atom. The number of carboxylic acid groups (broad SMARTS) is 1. The SMILES string of the molecule is CN1C2CCC1CC(C(O)C(C)(C(=O)O)c1ccccc1)C2.Cl. The number of aliphatic hydroxyl groups excluding tert-OH is 1. The minimum Gasteiger partial charge on any atom is -0.481 e. The van der Waals surface area contributed by atoms with E-state index in [2.05, 4.69) is 11.9 Å². The first-order chi connectivity index (χ1) is 10.4. The van der Waals surface area contributed by atoms with Gasteiger partial charge in [-0.3, -0.25) is 4.79 Å². The van der Waals surface area contributed by atoms with E-state index in [1.165, 1.54) is 12.8 Å². The first kappa shape index (κ1) is 18.2. The Hall–Kier alpha value is -1.10. The van der Waals surface area contributed by atoms with Gasteiger partial charge in [-0.2, -0.15) is 0 Å². The topological polar surface area (TPSA) is 60.8 Å². The average Bonchev–Trinajstić information content (AvgIpc) is 2.75. The summed E-state index contributed by atoms with van der Waals surface area (Å²) in [5.41, 5.74) is -0.567. The molecule has 0 saturated carbocycles. The van der Waals surface area contributed by atoms with E-state index in [-0.39, 0.29) is 18.3 Å². The van der Waals surface area contributed by atoms with E-state index in [1.54, 1.807) is 19.1 Å². The van der Waals surface area contributed by atoms with Gasteiger partial charge in [0.1, 0.15) is 5.41 Å². The fourth-order valence-electron chi connectivity index (χ4n) is 4.39. The van der Waals surface area contributed by atoms with Crippen LogP contribution in [0.1, 0.15) is 38.2 Å². The van der Waals surface area contributed by atoms with Crippen molar-refractivity contribution in [2.45, 2.75) is 56.2 Å². The molecule has 4 nitrogen and oxygen atoms in total. The number of piperidine rings is 1. The minimum atomic E-state index is -1.25. The molecule has 128 valence electrons. The standard InChI is InChI=1S/C18H25NO3.ClH/c1-18(17(21)22,13-6-4-3-5-7-13)16(20)12-10-14-8-9-15(11-12)19(14)2;/h3-7,12,14-16,20H,8-11H2,1-2H3,(H,21,22);1H. The van der Waals surface area contributed by atoms with Crippen LogP contribution >= 0.6 is 12.4 Å². The number of halogens is 1. The van der Waals surface area contributed by atoms with Crippen molar-refractivity contribution in [3.05, 3.63) is 35.9 Å². The van der Waals surface area contributed by atoms with Crippen molar-refractivity contribution in [3.8, 4) is 0 Å². The normalized spacial score (nSPS) is 31.0. The van der Waals surface area contributed by atoms with Gasteiger partial charge in [0.05, 0.1) is 6.10 Å². The molecule has 0 aromatic heterocycles. The van der Waals surface area contributed by atoms with Crippen molar-refractivity contribution in [1.82, 2.24) is 4.90 Å². The van der Waals surface area contributed by atoms with E-state index in [0.717, 1.165) is 12.8 Å². The van der Waals surface area contributed by atoms with Gasteiger partial charge < -0.3 is 15.1 Å². The summed E-state index contributed by atoms with van der Waals surface area (Å²) in [6.45, 7) is 1.66. The maximum Gasteiger partial charge on any atom is 0.316 e. The molecule has 23 heavy (non-hydrogen) atoms. The van der Waals surface area contributed by atoms with Crippen molar-refractivity contribution in [2.24, 2.45) is 5.92 Å². The average molecular weight is 340 g/mol. The number of benzene rings is 1. The lowest BCUT2D eigenvalue weighted by molar-refractivity contribution is -0.150. The van der Waals surface area contributed by atoms with E-state index < -0.39 is 17.5 Å². The molecular weight excluding hydrogens is 314 g/mol. The Bertz CT molecular complexity index is 538. The van der Waals surface area contributed by atoms with Crippen LogP contribution in [0.3, 0.4) is 0 Å². The molecule has 2 N–H and O–H groups in total.